The molecule has 2 saturated carbocycles. The highest BCUT2D eigenvalue weighted by Gasteiger charge is 2.58. The number of carboxylic acid groups (broad SMARTS) is 1. The lowest BCUT2D eigenvalue weighted by Crippen LogP contribution is -2.57. The van der Waals surface area contributed by atoms with E-state index in [0.717, 1.165) is 64.0 Å². The molecule has 24 heteroatoms. The van der Waals surface area contributed by atoms with Gasteiger partial charge in [0, 0.05) is 87.3 Å². The second-order valence-corrected chi connectivity index (χ2v) is 26.5. The topological polar surface area (TPSA) is 265 Å². The fourth-order valence-electron chi connectivity index (χ4n) is 14.0. The van der Waals surface area contributed by atoms with Crippen molar-refractivity contribution in [3.63, 3.8) is 0 Å². The van der Waals surface area contributed by atoms with Crippen molar-refractivity contribution in [2.45, 2.75) is 105 Å². The molecule has 3 atom stereocenters. The number of amides is 5. The Kier molecular flexibility index (Phi) is 23.1. The van der Waals surface area contributed by atoms with Gasteiger partial charge in [-0.3, -0.25) is 38.9 Å². The average Bonchev–Trinajstić information content (AvgIpc) is 0.794. The molecule has 4 aliphatic rings. The first-order chi connectivity index (χ1) is 43.2. The summed E-state index contributed by atoms with van der Waals surface area (Å²) in [6.45, 7) is 18.7. The lowest BCUT2D eigenvalue weighted by Gasteiger charge is -2.61. The highest BCUT2D eigenvalue weighted by Crippen LogP contribution is 2.63. The number of benzene rings is 2. The molecular formula is C66H87N9O14S. The summed E-state index contributed by atoms with van der Waals surface area (Å²) in [5, 5.41) is 21.8. The minimum atomic E-state index is -1.14. The SMILES string of the molecule is Cc1c(-c2ccc(N3CCc4cccc(C(=O)Nc5nc6ccccc6s5)c4C3)nc2C(=O)O)cnn1CC1(C)CC2(C)CC(C)(C)CC(OCCN(C)C(=O)CCOCCOCCOCCOCCOCCOCCNC(=O)CCN3C(=O)C=CC3=O)(C1)C2. The Balaban J connectivity index is 0.653. The Morgan fingerprint density at radius 3 is 2.07 bits per heavy atom. The Morgan fingerprint density at radius 1 is 0.722 bits per heavy atom. The molecule has 5 heterocycles. The van der Waals surface area contributed by atoms with Gasteiger partial charge in [-0.15, -0.1) is 0 Å². The first kappa shape index (κ1) is 67.4. The molecule has 486 valence electrons. The van der Waals surface area contributed by atoms with E-state index in [0.29, 0.717) is 146 Å². The highest BCUT2D eigenvalue weighted by atomic mass is 32.1. The van der Waals surface area contributed by atoms with Crippen molar-refractivity contribution in [2.24, 2.45) is 16.2 Å². The van der Waals surface area contributed by atoms with E-state index in [1.54, 1.807) is 11.1 Å². The normalized spacial score (nSPS) is 20.2. The van der Waals surface area contributed by atoms with Crippen molar-refractivity contribution in [2.75, 3.05) is 129 Å². The molecule has 2 aliphatic carbocycles. The Morgan fingerprint density at radius 2 is 1.39 bits per heavy atom. The van der Waals surface area contributed by atoms with Crippen LogP contribution < -0.4 is 15.5 Å². The van der Waals surface area contributed by atoms with Crippen LogP contribution in [-0.2, 0) is 71.8 Å². The number of hydrogen-bond donors (Lipinski definition) is 3. The molecule has 3 aromatic heterocycles. The van der Waals surface area contributed by atoms with Crippen LogP contribution in [0.4, 0.5) is 10.9 Å². The highest BCUT2D eigenvalue weighted by molar-refractivity contribution is 7.22. The molecule has 0 radical (unpaired) electrons. The molecule has 90 heavy (non-hydrogen) atoms. The van der Waals surface area contributed by atoms with Crippen LogP contribution in [0.2, 0.25) is 0 Å². The number of carbonyl (C=O) groups is 6. The average molecular weight is 1260 g/mol. The first-order valence-electron chi connectivity index (χ1n) is 31.2. The number of anilines is 2. The van der Waals surface area contributed by atoms with Gasteiger partial charge in [0.2, 0.25) is 11.8 Å². The second-order valence-electron chi connectivity index (χ2n) is 25.4. The van der Waals surface area contributed by atoms with E-state index in [2.05, 4.69) is 43.3 Å². The Labute approximate surface area is 530 Å². The van der Waals surface area contributed by atoms with Gasteiger partial charge in [0.15, 0.2) is 10.8 Å². The van der Waals surface area contributed by atoms with Crippen molar-refractivity contribution in [3.8, 4) is 11.1 Å². The molecule has 2 aromatic carbocycles. The summed E-state index contributed by atoms with van der Waals surface area (Å²) in [5.41, 5.74) is 4.76. The number of likely N-dealkylation sites (N-methyl/N-ethyl adjacent to an activating group) is 1. The zero-order valence-electron chi connectivity index (χ0n) is 52.8. The molecule has 5 amide bonds. The van der Waals surface area contributed by atoms with E-state index >= 15 is 0 Å². The van der Waals surface area contributed by atoms with E-state index < -0.39 is 23.4 Å². The number of nitrogens with one attached hydrogen (secondary N) is 2. The number of ether oxygens (including phenoxy) is 7. The summed E-state index contributed by atoms with van der Waals surface area (Å²) in [6, 6.07) is 17.2. The van der Waals surface area contributed by atoms with Gasteiger partial charge >= 0.3 is 5.97 Å². The fourth-order valence-corrected chi connectivity index (χ4v) is 14.8. The molecule has 3 unspecified atom stereocenters. The number of pyridine rings is 1. The van der Waals surface area contributed by atoms with Gasteiger partial charge in [-0.2, -0.15) is 5.10 Å². The van der Waals surface area contributed by atoms with E-state index in [9.17, 15) is 33.9 Å². The molecular weight excluding hydrogens is 1170 g/mol. The minimum absolute atomic E-state index is 0.00344. The summed E-state index contributed by atoms with van der Waals surface area (Å²) in [4.78, 5) is 89.2. The van der Waals surface area contributed by atoms with Crippen LogP contribution in [0.3, 0.4) is 0 Å². The third kappa shape index (κ3) is 18.1. The van der Waals surface area contributed by atoms with Gasteiger partial charge in [0.25, 0.3) is 17.7 Å². The molecule has 5 aromatic rings. The number of fused-ring (bicyclic) bond motifs is 4. The Hall–Kier alpha value is -7.03. The monoisotopic (exact) mass is 1260 g/mol. The number of para-hydroxylation sites is 1. The van der Waals surface area contributed by atoms with Crippen LogP contribution in [-0.4, -0.2) is 195 Å². The van der Waals surface area contributed by atoms with E-state index in [4.69, 9.17) is 43.2 Å². The largest absolute Gasteiger partial charge is 0.476 e. The van der Waals surface area contributed by atoms with Crippen molar-refractivity contribution in [3.05, 3.63) is 101 Å². The number of carbonyl (C=O) groups excluding carboxylic acids is 5. The number of aromatic carboxylic acids is 1. The summed E-state index contributed by atoms with van der Waals surface area (Å²) < 4.78 is 43.4. The molecule has 23 nitrogen and oxygen atoms in total. The van der Waals surface area contributed by atoms with Gasteiger partial charge in [-0.1, -0.05) is 63.3 Å². The predicted octanol–water partition coefficient (Wildman–Crippen LogP) is 7.53. The fraction of sp³-hybridized carbons (Fsp3) is 0.561. The van der Waals surface area contributed by atoms with E-state index in [-0.39, 0.29) is 65.7 Å². The Bertz CT molecular complexity index is 3310. The van der Waals surface area contributed by atoms with Gasteiger partial charge in [0.05, 0.1) is 114 Å². The molecule has 0 saturated heterocycles. The zero-order chi connectivity index (χ0) is 63.9. The number of rotatable bonds is 35. The quantitative estimate of drug-likeness (QED) is 0.0261. The molecule has 2 bridgehead atoms. The number of aromatic nitrogens is 4. The second kappa shape index (κ2) is 30.9. The summed E-state index contributed by atoms with van der Waals surface area (Å²) >= 11 is 1.43. The minimum Gasteiger partial charge on any atom is -0.476 e. The van der Waals surface area contributed by atoms with E-state index in [1.165, 1.54) is 23.5 Å². The molecule has 9 rings (SSSR count). The van der Waals surface area contributed by atoms with Crippen LogP contribution in [0, 0.1) is 23.2 Å². The summed E-state index contributed by atoms with van der Waals surface area (Å²) in [5.74, 6) is -1.97. The predicted molar refractivity (Wildman–Crippen MR) is 338 cm³/mol. The van der Waals surface area contributed by atoms with E-state index in [1.807, 2.05) is 78.2 Å². The van der Waals surface area contributed by atoms with Crippen molar-refractivity contribution in [1.82, 2.24) is 34.9 Å². The van der Waals surface area contributed by atoms with Crippen LogP contribution >= 0.6 is 11.3 Å². The maximum Gasteiger partial charge on any atom is 0.355 e. The third-order valence-corrected chi connectivity index (χ3v) is 18.0. The number of imide groups is 1. The van der Waals surface area contributed by atoms with Gasteiger partial charge < -0.3 is 53.4 Å². The summed E-state index contributed by atoms with van der Waals surface area (Å²) in [7, 11) is 1.81. The van der Waals surface area contributed by atoms with Crippen LogP contribution in [0.5, 0.6) is 0 Å². The first-order valence-corrected chi connectivity index (χ1v) is 32.0. The van der Waals surface area contributed by atoms with Crippen LogP contribution in [0.25, 0.3) is 21.3 Å². The maximum atomic E-state index is 13.8. The number of carboxylic acids is 1. The van der Waals surface area contributed by atoms with Crippen LogP contribution in [0.1, 0.15) is 110 Å². The van der Waals surface area contributed by atoms with Crippen molar-refractivity contribution in [1.29, 1.82) is 0 Å². The molecule has 2 aliphatic heterocycles. The zero-order valence-corrected chi connectivity index (χ0v) is 53.6. The van der Waals surface area contributed by atoms with Gasteiger partial charge in [0.1, 0.15) is 5.82 Å². The number of nitrogens with zero attached hydrogens (tertiary/aromatic N) is 7. The van der Waals surface area contributed by atoms with Gasteiger partial charge in [-0.05, 0) is 103 Å². The maximum absolute atomic E-state index is 13.8. The smallest absolute Gasteiger partial charge is 0.355 e. The third-order valence-electron chi connectivity index (χ3n) is 17.0. The van der Waals surface area contributed by atoms with Crippen LogP contribution in [0.15, 0.2) is 72.9 Å². The molecule has 3 N–H and O–H groups in total. The summed E-state index contributed by atoms with van der Waals surface area (Å²) in [6.07, 6.45) is 9.74. The molecule has 2 fully saturated rings. The number of hydrogen-bond acceptors (Lipinski definition) is 18. The van der Waals surface area contributed by atoms with Gasteiger partial charge in [-0.25, -0.2) is 14.8 Å². The lowest BCUT2D eigenvalue weighted by atomic mass is 9.48. The standard InChI is InChI=1S/C66H87N9O14S/c1-46-50(48-14-15-54(70-59(48)61(81)82)73-22-18-47-10-9-11-49(51(47)39-73)60(80)71-62-69-52-12-7-8-13-53(52)90-62)38-68-75(46)45-65(5)42-64(4)40-63(2,3)41-66(43-64,44-65)89-27-24-72(6)56(77)20-25-83-28-30-85-32-34-87-36-37-88-35-33-86-31-29-84-26-21-67-55(76)19-23-74-57(78)16-17-58(74)79/h7-17,38H,18-37,39-45H2,1-6H3,(H,67,76)(H,81,82)(H,69,71,80). The molecule has 0 spiro atoms. The van der Waals surface area contributed by atoms with Crippen molar-refractivity contribution < 1.29 is 67.0 Å². The lowest BCUT2D eigenvalue weighted by molar-refractivity contribution is -0.195. The number of thiazole rings is 1. The van der Waals surface area contributed by atoms with Crippen molar-refractivity contribution >= 4 is 68.0 Å².